The van der Waals surface area contributed by atoms with E-state index in [9.17, 15) is 9.90 Å². The first kappa shape index (κ1) is 18.1. The van der Waals surface area contributed by atoms with Crippen molar-refractivity contribution in [2.75, 3.05) is 21.3 Å². The minimum absolute atomic E-state index is 0.116. The number of aryl methyl sites for hydroxylation is 1. The Hall–Kier alpha value is -2.27. The molecular weight excluding hydrogens is 308 g/mol. The van der Waals surface area contributed by atoms with Crippen LogP contribution in [0.2, 0.25) is 0 Å². The van der Waals surface area contributed by atoms with Gasteiger partial charge in [-0.25, -0.2) is 0 Å². The Balaban J connectivity index is 2.79. The second-order valence-electron chi connectivity index (χ2n) is 5.73. The fourth-order valence-electron chi connectivity index (χ4n) is 3.32. The fraction of sp³-hybridized carbons (Fsp3) is 0.421. The zero-order chi connectivity index (χ0) is 17.9. The molecule has 0 saturated carbocycles. The van der Waals surface area contributed by atoms with E-state index in [2.05, 4.69) is 0 Å². The molecule has 0 aromatic heterocycles. The Morgan fingerprint density at radius 3 is 2.33 bits per heavy atom. The molecule has 0 bridgehead atoms. The van der Waals surface area contributed by atoms with Gasteiger partial charge in [-0.3, -0.25) is 0 Å². The molecule has 0 spiro atoms. The standard InChI is InChI=1S/C19H24O5/c1-6-19(24-5)11-14(18(20)21)15(16(22-3)17(19)23-4)13-10-8-7-9-12(13)2/h7-11,15H,6H2,1-5H3,(H,20,21)/p-1. The summed E-state index contributed by atoms with van der Waals surface area (Å²) < 4.78 is 16.8. The van der Waals surface area contributed by atoms with E-state index < -0.39 is 17.5 Å². The van der Waals surface area contributed by atoms with Crippen molar-refractivity contribution in [1.82, 2.24) is 0 Å². The molecule has 1 aliphatic rings. The molecule has 0 heterocycles. The zero-order valence-electron chi connectivity index (χ0n) is 14.7. The van der Waals surface area contributed by atoms with Crippen LogP contribution in [0.4, 0.5) is 0 Å². The maximum Gasteiger partial charge on any atom is 0.170 e. The second-order valence-corrected chi connectivity index (χ2v) is 5.73. The number of allylic oxidation sites excluding steroid dienone is 1. The van der Waals surface area contributed by atoms with Gasteiger partial charge in [-0.2, -0.15) is 0 Å². The Morgan fingerprint density at radius 1 is 1.21 bits per heavy atom. The predicted octanol–water partition coefficient (Wildman–Crippen LogP) is 2.07. The topological polar surface area (TPSA) is 67.8 Å². The van der Waals surface area contributed by atoms with Gasteiger partial charge in [-0.1, -0.05) is 31.2 Å². The van der Waals surface area contributed by atoms with Crippen LogP contribution in [0.15, 0.2) is 47.4 Å². The summed E-state index contributed by atoms with van der Waals surface area (Å²) in [6, 6.07) is 7.59. The number of carboxylic acids is 1. The van der Waals surface area contributed by atoms with E-state index >= 15 is 0 Å². The highest BCUT2D eigenvalue weighted by Gasteiger charge is 2.44. The second kappa shape index (κ2) is 7.09. The Labute approximate surface area is 142 Å². The van der Waals surface area contributed by atoms with Crippen LogP contribution >= 0.6 is 0 Å². The van der Waals surface area contributed by atoms with Gasteiger partial charge in [-0.05, 0) is 36.1 Å². The number of carboxylic acid groups (broad SMARTS) is 1. The van der Waals surface area contributed by atoms with Gasteiger partial charge in [0.2, 0.25) is 0 Å². The summed E-state index contributed by atoms with van der Waals surface area (Å²) in [4.78, 5) is 11.9. The Morgan fingerprint density at radius 2 is 1.88 bits per heavy atom. The molecule has 1 aromatic rings. The summed E-state index contributed by atoms with van der Waals surface area (Å²) >= 11 is 0. The van der Waals surface area contributed by atoms with Crippen LogP contribution in [0.5, 0.6) is 0 Å². The van der Waals surface area contributed by atoms with Gasteiger partial charge in [0.25, 0.3) is 0 Å². The van der Waals surface area contributed by atoms with Crippen molar-refractivity contribution >= 4 is 5.97 Å². The summed E-state index contributed by atoms with van der Waals surface area (Å²) in [5, 5.41) is 11.9. The number of rotatable bonds is 6. The van der Waals surface area contributed by atoms with Crippen molar-refractivity contribution in [2.24, 2.45) is 0 Å². The number of carbonyl (C=O) groups excluding carboxylic acids is 1. The third-order valence-electron chi connectivity index (χ3n) is 4.62. The van der Waals surface area contributed by atoms with Crippen LogP contribution in [0.25, 0.3) is 0 Å². The van der Waals surface area contributed by atoms with Gasteiger partial charge in [0.1, 0.15) is 11.4 Å². The molecule has 130 valence electrons. The fourth-order valence-corrected chi connectivity index (χ4v) is 3.32. The highest BCUT2D eigenvalue weighted by molar-refractivity contribution is 5.89. The van der Waals surface area contributed by atoms with Gasteiger partial charge in [0.15, 0.2) is 5.76 Å². The van der Waals surface area contributed by atoms with Gasteiger partial charge in [0.05, 0.1) is 26.1 Å². The van der Waals surface area contributed by atoms with Crippen LogP contribution in [-0.4, -0.2) is 32.9 Å². The maximum atomic E-state index is 11.9. The molecule has 1 aliphatic carbocycles. The molecule has 0 radical (unpaired) electrons. The molecule has 2 rings (SSSR count). The van der Waals surface area contributed by atoms with Crippen molar-refractivity contribution in [1.29, 1.82) is 0 Å². The first-order valence-electron chi connectivity index (χ1n) is 7.83. The van der Waals surface area contributed by atoms with E-state index in [1.165, 1.54) is 21.3 Å². The van der Waals surface area contributed by atoms with Crippen molar-refractivity contribution < 1.29 is 24.1 Å². The average Bonchev–Trinajstić information content (AvgIpc) is 2.60. The molecule has 2 atom stereocenters. The van der Waals surface area contributed by atoms with Crippen LogP contribution in [-0.2, 0) is 19.0 Å². The largest absolute Gasteiger partial charge is 0.545 e. The Bertz CT molecular complexity index is 683. The van der Waals surface area contributed by atoms with Gasteiger partial charge in [-0.15, -0.1) is 0 Å². The number of hydrogen-bond acceptors (Lipinski definition) is 5. The number of aliphatic carboxylic acids is 1. The number of benzene rings is 1. The summed E-state index contributed by atoms with van der Waals surface area (Å²) in [5.41, 5.74) is 0.918. The van der Waals surface area contributed by atoms with E-state index in [1.807, 2.05) is 38.1 Å². The van der Waals surface area contributed by atoms with Crippen molar-refractivity contribution in [3.05, 3.63) is 58.6 Å². The van der Waals surface area contributed by atoms with E-state index in [4.69, 9.17) is 14.2 Å². The lowest BCUT2D eigenvalue weighted by Gasteiger charge is -2.39. The van der Waals surface area contributed by atoms with Gasteiger partial charge >= 0.3 is 0 Å². The van der Waals surface area contributed by atoms with Crippen molar-refractivity contribution in [2.45, 2.75) is 31.8 Å². The minimum atomic E-state index is -1.25. The lowest BCUT2D eigenvalue weighted by atomic mass is 9.77. The first-order valence-corrected chi connectivity index (χ1v) is 7.83. The van der Waals surface area contributed by atoms with Gasteiger partial charge < -0.3 is 24.1 Å². The molecule has 24 heavy (non-hydrogen) atoms. The molecule has 0 fully saturated rings. The summed E-state index contributed by atoms with van der Waals surface area (Å²) in [6.07, 6.45) is 2.08. The predicted molar refractivity (Wildman–Crippen MR) is 88.1 cm³/mol. The number of carbonyl (C=O) groups is 1. The minimum Gasteiger partial charge on any atom is -0.545 e. The van der Waals surface area contributed by atoms with E-state index in [-0.39, 0.29) is 5.57 Å². The molecule has 0 aliphatic heterocycles. The molecule has 0 N–H and O–H groups in total. The Kier molecular flexibility index (Phi) is 5.34. The van der Waals surface area contributed by atoms with Crippen LogP contribution < -0.4 is 5.11 Å². The highest BCUT2D eigenvalue weighted by atomic mass is 16.5. The molecular formula is C19H23O5-. The summed E-state index contributed by atoms with van der Waals surface area (Å²) in [5.74, 6) is -0.945. The third-order valence-corrected chi connectivity index (χ3v) is 4.62. The van der Waals surface area contributed by atoms with E-state index in [1.54, 1.807) is 6.08 Å². The SMILES string of the molecule is CCC1(OC)C=C(C(=O)[O-])C(c2ccccc2C)C(OC)=C1OC. The quantitative estimate of drug-likeness (QED) is 0.798. The molecule has 0 amide bonds. The highest BCUT2D eigenvalue weighted by Crippen LogP contribution is 2.45. The zero-order valence-corrected chi connectivity index (χ0v) is 14.7. The normalized spacial score (nSPS) is 23.7. The average molecular weight is 331 g/mol. The van der Waals surface area contributed by atoms with Crippen LogP contribution in [0, 0.1) is 6.92 Å². The van der Waals surface area contributed by atoms with Crippen molar-refractivity contribution in [3.63, 3.8) is 0 Å². The smallest absolute Gasteiger partial charge is 0.170 e. The lowest BCUT2D eigenvalue weighted by Crippen LogP contribution is -2.41. The maximum absolute atomic E-state index is 11.9. The van der Waals surface area contributed by atoms with E-state index in [0.29, 0.717) is 17.9 Å². The molecule has 2 unspecified atom stereocenters. The lowest BCUT2D eigenvalue weighted by molar-refractivity contribution is -0.299. The first-order chi connectivity index (χ1) is 11.5. The van der Waals surface area contributed by atoms with Crippen molar-refractivity contribution in [3.8, 4) is 0 Å². The van der Waals surface area contributed by atoms with Gasteiger partial charge in [0, 0.05) is 7.11 Å². The molecule has 5 nitrogen and oxygen atoms in total. The molecule has 5 heteroatoms. The monoisotopic (exact) mass is 331 g/mol. The molecule has 1 aromatic carbocycles. The third kappa shape index (κ3) is 2.80. The summed E-state index contributed by atoms with van der Waals surface area (Å²) in [6.45, 7) is 3.83. The molecule has 0 saturated heterocycles. The number of methoxy groups -OCH3 is 3. The summed E-state index contributed by atoms with van der Waals surface area (Å²) in [7, 11) is 4.56. The van der Waals surface area contributed by atoms with E-state index in [0.717, 1.165) is 11.1 Å². The number of hydrogen-bond donors (Lipinski definition) is 0. The van der Waals surface area contributed by atoms with Crippen LogP contribution in [0.3, 0.4) is 0 Å². The number of ether oxygens (including phenoxy) is 3. The van der Waals surface area contributed by atoms with Crippen LogP contribution in [0.1, 0.15) is 30.4 Å².